The third kappa shape index (κ3) is 3.30. The van der Waals surface area contributed by atoms with Crippen LogP contribution in [0.3, 0.4) is 0 Å². The molecule has 156 valence electrons. The molecule has 5 heteroatoms. The van der Waals surface area contributed by atoms with Gasteiger partial charge in [-0.15, -0.1) is 0 Å². The van der Waals surface area contributed by atoms with E-state index in [1.165, 1.54) is 0 Å². The molecule has 0 aliphatic rings. The molecule has 0 saturated heterocycles. The van der Waals surface area contributed by atoms with Gasteiger partial charge in [0, 0.05) is 28.4 Å². The Kier molecular flexibility index (Phi) is 4.71. The number of primary amides is 2. The fourth-order valence-corrected chi connectivity index (χ4v) is 4.29. The Labute approximate surface area is 184 Å². The fourth-order valence-electron chi connectivity index (χ4n) is 4.29. The van der Waals surface area contributed by atoms with Crippen molar-refractivity contribution in [3.63, 3.8) is 0 Å². The first-order valence-electron chi connectivity index (χ1n) is 10.3. The number of carbonyl (C=O) groups excluding carboxylic acids is 2. The van der Waals surface area contributed by atoms with Gasteiger partial charge < -0.3 is 16.0 Å². The van der Waals surface area contributed by atoms with Crippen LogP contribution in [0.15, 0.2) is 91.0 Å². The van der Waals surface area contributed by atoms with Crippen LogP contribution in [-0.2, 0) is 6.54 Å². The van der Waals surface area contributed by atoms with Crippen molar-refractivity contribution >= 4 is 33.6 Å². The highest BCUT2D eigenvalue weighted by molar-refractivity contribution is 6.18. The lowest BCUT2D eigenvalue weighted by atomic mass is 10.0. The predicted molar refractivity (Wildman–Crippen MR) is 127 cm³/mol. The smallest absolute Gasteiger partial charge is 0.249 e. The molecular weight excluding hydrogens is 398 g/mol. The van der Waals surface area contributed by atoms with Gasteiger partial charge in [-0.1, -0.05) is 60.7 Å². The van der Waals surface area contributed by atoms with E-state index in [0.29, 0.717) is 17.7 Å². The van der Waals surface area contributed by atoms with Crippen LogP contribution in [0, 0.1) is 0 Å². The zero-order valence-corrected chi connectivity index (χ0v) is 17.3. The molecule has 0 saturated carbocycles. The highest BCUT2D eigenvalue weighted by atomic mass is 16.1. The normalized spacial score (nSPS) is 11.1. The Morgan fingerprint density at radius 1 is 0.688 bits per heavy atom. The van der Waals surface area contributed by atoms with Gasteiger partial charge in [0.2, 0.25) is 11.8 Å². The second-order valence-electron chi connectivity index (χ2n) is 7.81. The maximum absolute atomic E-state index is 12.2. The first-order valence-corrected chi connectivity index (χ1v) is 10.3. The van der Waals surface area contributed by atoms with Gasteiger partial charge in [-0.2, -0.15) is 0 Å². The number of hydrogen-bond acceptors (Lipinski definition) is 2. The molecule has 0 spiro atoms. The largest absolute Gasteiger partial charge is 0.366 e. The molecule has 0 radical (unpaired) electrons. The Balaban J connectivity index is 1.75. The maximum atomic E-state index is 12.2. The van der Waals surface area contributed by atoms with Crippen molar-refractivity contribution in [2.45, 2.75) is 6.54 Å². The summed E-state index contributed by atoms with van der Waals surface area (Å²) >= 11 is 0. The third-order valence-electron chi connectivity index (χ3n) is 5.84. The van der Waals surface area contributed by atoms with Crippen LogP contribution in [0.4, 0.5) is 0 Å². The Hall–Kier alpha value is -4.38. The number of nitrogens with zero attached hydrogens (tertiary/aromatic N) is 1. The summed E-state index contributed by atoms with van der Waals surface area (Å²) in [7, 11) is 0. The number of benzene rings is 4. The number of amides is 2. The van der Waals surface area contributed by atoms with E-state index in [1.807, 2.05) is 42.5 Å². The van der Waals surface area contributed by atoms with Crippen LogP contribution in [0.5, 0.6) is 0 Å². The number of rotatable bonds is 5. The Morgan fingerprint density at radius 3 is 2.12 bits per heavy atom. The molecule has 0 fully saturated rings. The maximum Gasteiger partial charge on any atom is 0.249 e. The number of aromatic nitrogens is 1. The average molecular weight is 419 g/mol. The van der Waals surface area contributed by atoms with Crippen molar-refractivity contribution in [1.82, 2.24) is 4.57 Å². The summed E-state index contributed by atoms with van der Waals surface area (Å²) in [6.45, 7) is 0.569. The standard InChI is InChI=1S/C27H21N3O2/c28-26(31)19-11-9-17(10-12-19)16-30-23-8-4-7-22(27(29)32)25(23)21-14-13-20(15-24(21)30)18-5-2-1-3-6-18/h1-15H,16H2,(H2,28,31)(H2,29,32). The highest BCUT2D eigenvalue weighted by Gasteiger charge is 2.17. The van der Waals surface area contributed by atoms with E-state index in [1.54, 1.807) is 18.2 Å². The van der Waals surface area contributed by atoms with Crippen LogP contribution in [-0.4, -0.2) is 16.4 Å². The number of fused-ring (bicyclic) bond motifs is 3. The summed E-state index contributed by atoms with van der Waals surface area (Å²) in [4.78, 5) is 23.6. The van der Waals surface area contributed by atoms with Crippen molar-refractivity contribution in [3.05, 3.63) is 108 Å². The number of hydrogen-bond donors (Lipinski definition) is 2. The van der Waals surface area contributed by atoms with Crippen LogP contribution in [0.25, 0.3) is 32.9 Å². The minimum absolute atomic E-state index is 0.451. The Bertz CT molecular complexity index is 1480. The second kappa shape index (κ2) is 7.71. The second-order valence-corrected chi connectivity index (χ2v) is 7.81. The first kappa shape index (κ1) is 19.6. The molecule has 5 aromatic rings. The Morgan fingerprint density at radius 2 is 1.44 bits per heavy atom. The van der Waals surface area contributed by atoms with E-state index in [-0.39, 0.29) is 0 Å². The van der Waals surface area contributed by atoms with Crippen molar-refractivity contribution in [2.24, 2.45) is 11.5 Å². The van der Waals surface area contributed by atoms with Crippen LogP contribution in [0.2, 0.25) is 0 Å². The van der Waals surface area contributed by atoms with E-state index >= 15 is 0 Å². The molecule has 0 bridgehead atoms. The van der Waals surface area contributed by atoms with Crippen molar-refractivity contribution in [1.29, 1.82) is 0 Å². The third-order valence-corrected chi connectivity index (χ3v) is 5.84. The lowest BCUT2D eigenvalue weighted by molar-refractivity contribution is 0.0992. The van der Waals surface area contributed by atoms with Gasteiger partial charge in [0.15, 0.2) is 0 Å². The van der Waals surface area contributed by atoms with Gasteiger partial charge in [-0.3, -0.25) is 9.59 Å². The van der Waals surface area contributed by atoms with Gasteiger partial charge >= 0.3 is 0 Å². The molecule has 0 unspecified atom stereocenters. The molecular formula is C27H21N3O2. The molecule has 0 atom stereocenters. The topological polar surface area (TPSA) is 91.1 Å². The molecule has 32 heavy (non-hydrogen) atoms. The number of carbonyl (C=O) groups is 2. The summed E-state index contributed by atoms with van der Waals surface area (Å²) in [6, 6.07) is 29.3. The van der Waals surface area contributed by atoms with E-state index in [2.05, 4.69) is 34.9 Å². The van der Waals surface area contributed by atoms with Crippen LogP contribution >= 0.6 is 0 Å². The fraction of sp³-hybridized carbons (Fsp3) is 0.0370. The summed E-state index contributed by atoms with van der Waals surface area (Å²) in [5.74, 6) is -0.903. The number of nitrogens with two attached hydrogens (primary N) is 2. The van der Waals surface area contributed by atoms with E-state index in [9.17, 15) is 9.59 Å². The SMILES string of the molecule is NC(=O)c1ccc(Cn2c3cc(-c4ccccc4)ccc3c3c(C(N)=O)cccc32)cc1. The van der Waals surface area contributed by atoms with E-state index < -0.39 is 11.8 Å². The summed E-state index contributed by atoms with van der Waals surface area (Å²) in [5, 5.41) is 1.83. The quantitative estimate of drug-likeness (QED) is 0.432. The van der Waals surface area contributed by atoms with Crippen molar-refractivity contribution < 1.29 is 9.59 Å². The van der Waals surface area contributed by atoms with Gasteiger partial charge in [-0.05, 0) is 47.0 Å². The van der Waals surface area contributed by atoms with Gasteiger partial charge in [-0.25, -0.2) is 0 Å². The summed E-state index contributed by atoms with van der Waals surface area (Å²) < 4.78 is 2.18. The average Bonchev–Trinajstić information content (AvgIpc) is 3.13. The zero-order valence-electron chi connectivity index (χ0n) is 17.3. The van der Waals surface area contributed by atoms with Gasteiger partial charge in [0.1, 0.15) is 0 Å². The lowest BCUT2D eigenvalue weighted by Crippen LogP contribution is -2.11. The molecule has 5 nitrogen and oxygen atoms in total. The van der Waals surface area contributed by atoms with E-state index in [0.717, 1.165) is 38.5 Å². The summed E-state index contributed by atoms with van der Waals surface area (Å²) in [5.41, 5.74) is 17.2. The van der Waals surface area contributed by atoms with Crippen LogP contribution < -0.4 is 11.5 Å². The molecule has 5 rings (SSSR count). The molecule has 4 N–H and O–H groups in total. The zero-order chi connectivity index (χ0) is 22.2. The minimum atomic E-state index is -0.452. The molecule has 0 aliphatic carbocycles. The molecule has 4 aromatic carbocycles. The van der Waals surface area contributed by atoms with Crippen LogP contribution in [0.1, 0.15) is 26.3 Å². The molecule has 1 aromatic heterocycles. The van der Waals surface area contributed by atoms with Gasteiger partial charge in [0.05, 0.1) is 11.0 Å². The van der Waals surface area contributed by atoms with E-state index in [4.69, 9.17) is 11.5 Å². The monoisotopic (exact) mass is 419 g/mol. The summed E-state index contributed by atoms with van der Waals surface area (Å²) in [6.07, 6.45) is 0. The predicted octanol–water partition coefficient (Wildman–Crippen LogP) is 4.71. The molecule has 2 amide bonds. The molecule has 0 aliphatic heterocycles. The minimum Gasteiger partial charge on any atom is -0.366 e. The highest BCUT2D eigenvalue weighted by Crippen LogP contribution is 2.35. The molecule has 1 heterocycles. The first-order chi connectivity index (χ1) is 15.5. The lowest BCUT2D eigenvalue weighted by Gasteiger charge is -2.10. The van der Waals surface area contributed by atoms with Crippen molar-refractivity contribution in [3.8, 4) is 11.1 Å². The van der Waals surface area contributed by atoms with Gasteiger partial charge in [0.25, 0.3) is 0 Å². The van der Waals surface area contributed by atoms with Crippen molar-refractivity contribution in [2.75, 3.05) is 0 Å².